The summed E-state index contributed by atoms with van der Waals surface area (Å²) >= 11 is 0. The van der Waals surface area contributed by atoms with Crippen molar-refractivity contribution < 1.29 is 49.0 Å². The van der Waals surface area contributed by atoms with Crippen LogP contribution in [0.15, 0.2) is 18.2 Å². The van der Waals surface area contributed by atoms with Gasteiger partial charge in [-0.05, 0) is 13.0 Å². The standard InChI is InChI=1S/C28H31NO10/c1-4-17(30)28(36)9-13-20(16(10-28)39-18-8-14(29)23(31)11(2)38-18)27(35)22-21(25(13)33)24(32)12-6-5-7-15(37-3)19(12)26(22)34/h5-7,11,14,16,18,23,31,33,35-36H,4,8-10,29H2,1-3H3. The first-order valence-corrected chi connectivity index (χ1v) is 12.8. The Labute approximate surface area is 224 Å². The fourth-order valence-corrected chi connectivity index (χ4v) is 5.93. The van der Waals surface area contributed by atoms with Crippen molar-refractivity contribution >= 4 is 17.3 Å². The van der Waals surface area contributed by atoms with Gasteiger partial charge in [-0.15, -0.1) is 0 Å². The minimum absolute atomic E-state index is 0.0119. The molecular weight excluding hydrogens is 510 g/mol. The maximum atomic E-state index is 13.7. The lowest BCUT2D eigenvalue weighted by Gasteiger charge is -2.42. The van der Waals surface area contributed by atoms with Crippen molar-refractivity contribution in [3.05, 3.63) is 51.6 Å². The van der Waals surface area contributed by atoms with Gasteiger partial charge in [0.05, 0.1) is 42.1 Å². The number of ether oxygens (including phenoxy) is 3. The smallest absolute Gasteiger partial charge is 0.202 e. The van der Waals surface area contributed by atoms with Crippen molar-refractivity contribution in [2.45, 2.75) is 75.8 Å². The monoisotopic (exact) mass is 541 g/mol. The number of phenolic OH excluding ortho intramolecular Hbond substituents is 2. The molecule has 2 aromatic rings. The Morgan fingerprint density at radius 3 is 2.49 bits per heavy atom. The van der Waals surface area contributed by atoms with E-state index in [0.29, 0.717) is 0 Å². The minimum atomic E-state index is -1.99. The fourth-order valence-electron chi connectivity index (χ4n) is 5.93. The lowest BCUT2D eigenvalue weighted by molar-refractivity contribution is -0.247. The molecule has 1 heterocycles. The van der Waals surface area contributed by atoms with Gasteiger partial charge in [0.1, 0.15) is 22.8 Å². The van der Waals surface area contributed by atoms with Crippen LogP contribution in [-0.4, -0.2) is 75.0 Å². The van der Waals surface area contributed by atoms with Crippen LogP contribution >= 0.6 is 0 Å². The van der Waals surface area contributed by atoms with E-state index in [1.807, 2.05) is 0 Å². The predicted molar refractivity (Wildman–Crippen MR) is 135 cm³/mol. The first kappa shape index (κ1) is 27.2. The summed E-state index contributed by atoms with van der Waals surface area (Å²) in [5.74, 6) is -3.07. The molecule has 2 aromatic carbocycles. The number of nitrogens with two attached hydrogens (primary N) is 1. The molecule has 208 valence electrons. The van der Waals surface area contributed by atoms with Gasteiger partial charge in [-0.3, -0.25) is 14.4 Å². The summed E-state index contributed by atoms with van der Waals surface area (Å²) in [6, 6.07) is 3.76. The molecule has 0 aromatic heterocycles. The summed E-state index contributed by atoms with van der Waals surface area (Å²) in [4.78, 5) is 40.1. The molecule has 39 heavy (non-hydrogen) atoms. The third-order valence-corrected chi connectivity index (χ3v) is 7.98. The Bertz CT molecular complexity index is 1380. The number of benzene rings is 2. The van der Waals surface area contributed by atoms with Gasteiger partial charge < -0.3 is 40.4 Å². The zero-order valence-electron chi connectivity index (χ0n) is 21.8. The highest BCUT2D eigenvalue weighted by Gasteiger charge is 2.49. The first-order chi connectivity index (χ1) is 18.4. The molecule has 0 spiro atoms. The normalized spacial score (nSPS) is 29.8. The van der Waals surface area contributed by atoms with Gasteiger partial charge in [0.25, 0.3) is 0 Å². The Kier molecular flexibility index (Phi) is 6.76. The summed E-state index contributed by atoms with van der Waals surface area (Å²) < 4.78 is 17.1. The highest BCUT2D eigenvalue weighted by molar-refractivity contribution is 6.31. The Morgan fingerprint density at radius 1 is 1.15 bits per heavy atom. The number of Topliss-reactive ketones (excluding diaryl/α,β-unsaturated/α-hetero) is 1. The van der Waals surface area contributed by atoms with E-state index >= 15 is 0 Å². The number of aliphatic hydroxyl groups is 2. The van der Waals surface area contributed by atoms with E-state index in [1.54, 1.807) is 13.8 Å². The van der Waals surface area contributed by atoms with Crippen molar-refractivity contribution in [1.82, 2.24) is 0 Å². The van der Waals surface area contributed by atoms with Crippen molar-refractivity contribution in [1.29, 1.82) is 0 Å². The van der Waals surface area contributed by atoms with Gasteiger partial charge >= 0.3 is 0 Å². The number of carbonyl (C=O) groups is 3. The zero-order valence-corrected chi connectivity index (χ0v) is 21.8. The molecule has 6 N–H and O–H groups in total. The van der Waals surface area contributed by atoms with Gasteiger partial charge in [-0.2, -0.15) is 0 Å². The number of methoxy groups -OCH3 is 1. The number of phenols is 2. The molecule has 6 atom stereocenters. The van der Waals surface area contributed by atoms with Crippen LogP contribution in [0.5, 0.6) is 17.2 Å². The molecule has 2 aliphatic carbocycles. The summed E-state index contributed by atoms with van der Waals surface area (Å²) in [5.41, 5.74) is 3.03. The third kappa shape index (κ3) is 4.12. The van der Waals surface area contributed by atoms with Crippen LogP contribution in [0.1, 0.15) is 82.2 Å². The van der Waals surface area contributed by atoms with Gasteiger partial charge in [-0.25, -0.2) is 0 Å². The van der Waals surface area contributed by atoms with Crippen molar-refractivity contribution in [2.75, 3.05) is 7.11 Å². The predicted octanol–water partition coefficient (Wildman–Crippen LogP) is 1.42. The number of carbonyl (C=O) groups excluding carboxylic acids is 3. The van der Waals surface area contributed by atoms with E-state index < -0.39 is 82.6 Å². The molecule has 5 rings (SSSR count). The van der Waals surface area contributed by atoms with E-state index in [2.05, 4.69) is 0 Å². The molecule has 1 aliphatic heterocycles. The Hall–Kier alpha value is -3.35. The average Bonchev–Trinajstić information content (AvgIpc) is 2.90. The summed E-state index contributed by atoms with van der Waals surface area (Å²) in [5, 5.41) is 44.5. The van der Waals surface area contributed by atoms with Gasteiger partial charge in [0.2, 0.25) is 5.78 Å². The van der Waals surface area contributed by atoms with E-state index in [4.69, 9.17) is 19.9 Å². The van der Waals surface area contributed by atoms with Gasteiger partial charge in [-0.1, -0.05) is 19.1 Å². The SMILES string of the molecule is CCC(=O)C1(O)Cc2c(O)c3c(c(O)c2C(OC2CC(N)C(O)C(C)O2)C1)C(=O)c1c(OC)cccc1C3=O. The molecule has 0 bridgehead atoms. The van der Waals surface area contributed by atoms with E-state index in [-0.39, 0.29) is 47.3 Å². The molecule has 0 amide bonds. The maximum Gasteiger partial charge on any atom is 0.202 e. The van der Waals surface area contributed by atoms with Crippen LogP contribution in [0.4, 0.5) is 0 Å². The van der Waals surface area contributed by atoms with Crippen molar-refractivity contribution in [3.8, 4) is 17.2 Å². The molecule has 3 aliphatic rings. The van der Waals surface area contributed by atoms with Crippen molar-refractivity contribution in [2.24, 2.45) is 5.73 Å². The molecule has 1 fully saturated rings. The number of aromatic hydroxyl groups is 2. The van der Waals surface area contributed by atoms with Crippen LogP contribution in [0.3, 0.4) is 0 Å². The highest BCUT2D eigenvalue weighted by atomic mass is 16.7. The fraction of sp³-hybridized carbons (Fsp3) is 0.464. The number of hydrogen-bond acceptors (Lipinski definition) is 11. The van der Waals surface area contributed by atoms with Crippen molar-refractivity contribution in [3.63, 3.8) is 0 Å². The van der Waals surface area contributed by atoms with Crippen LogP contribution in [-0.2, 0) is 20.7 Å². The van der Waals surface area contributed by atoms with Gasteiger partial charge in [0.15, 0.2) is 17.9 Å². The summed E-state index contributed by atoms with van der Waals surface area (Å²) in [6.45, 7) is 3.19. The largest absolute Gasteiger partial charge is 0.507 e. The highest BCUT2D eigenvalue weighted by Crippen LogP contribution is 2.52. The lowest BCUT2D eigenvalue weighted by atomic mass is 9.71. The third-order valence-electron chi connectivity index (χ3n) is 7.98. The van der Waals surface area contributed by atoms with Gasteiger partial charge in [0, 0.05) is 48.4 Å². The minimum Gasteiger partial charge on any atom is -0.507 e. The van der Waals surface area contributed by atoms with Crippen LogP contribution in [0.2, 0.25) is 0 Å². The molecular formula is C28H31NO10. The number of hydrogen-bond donors (Lipinski definition) is 5. The lowest BCUT2D eigenvalue weighted by Crippen LogP contribution is -2.52. The topological polar surface area (TPSA) is 186 Å². The van der Waals surface area contributed by atoms with Crippen LogP contribution in [0.25, 0.3) is 0 Å². The number of ketones is 3. The summed E-state index contributed by atoms with van der Waals surface area (Å²) in [6.07, 6.45) is -4.53. The first-order valence-electron chi connectivity index (χ1n) is 12.8. The molecule has 0 radical (unpaired) electrons. The molecule has 1 saturated heterocycles. The molecule has 6 unspecified atom stereocenters. The second kappa shape index (κ2) is 9.68. The molecule has 11 nitrogen and oxygen atoms in total. The molecule has 11 heteroatoms. The number of fused-ring (bicyclic) bond motifs is 3. The Morgan fingerprint density at radius 2 is 1.85 bits per heavy atom. The maximum absolute atomic E-state index is 13.7. The second-order valence-electron chi connectivity index (χ2n) is 10.4. The van der Waals surface area contributed by atoms with E-state index in [0.717, 1.165) is 0 Å². The quantitative estimate of drug-likeness (QED) is 0.294. The summed E-state index contributed by atoms with van der Waals surface area (Å²) in [7, 11) is 1.34. The van der Waals surface area contributed by atoms with E-state index in [9.17, 15) is 34.8 Å². The van der Waals surface area contributed by atoms with E-state index in [1.165, 1.54) is 25.3 Å². The van der Waals surface area contributed by atoms with Crippen LogP contribution < -0.4 is 10.5 Å². The van der Waals surface area contributed by atoms with Crippen LogP contribution in [0, 0.1) is 0 Å². The average molecular weight is 542 g/mol. The number of rotatable bonds is 5. The Balaban J connectivity index is 1.69. The molecule has 0 saturated carbocycles. The number of aliphatic hydroxyl groups excluding tert-OH is 1. The second-order valence-corrected chi connectivity index (χ2v) is 10.4. The zero-order chi connectivity index (χ0) is 28.4.